The van der Waals surface area contributed by atoms with E-state index >= 15 is 0 Å². The van der Waals surface area contributed by atoms with Gasteiger partial charge in [-0.15, -0.1) is 0 Å². The van der Waals surface area contributed by atoms with Gasteiger partial charge >= 0.3 is 11.8 Å². The zero-order valence-corrected chi connectivity index (χ0v) is 21.0. The Kier molecular flexibility index (Phi) is 9.19. The van der Waals surface area contributed by atoms with Crippen molar-refractivity contribution in [1.82, 2.24) is 5.43 Å². The number of hydrazone groups is 1. The third kappa shape index (κ3) is 7.68. The molecule has 0 spiro atoms. The van der Waals surface area contributed by atoms with Gasteiger partial charge in [0.15, 0.2) is 6.61 Å². The molecule has 3 N–H and O–H groups in total. The number of aryl methyl sites for hydroxylation is 3. The van der Waals surface area contributed by atoms with Gasteiger partial charge in [-0.3, -0.25) is 14.4 Å². The van der Waals surface area contributed by atoms with Crippen molar-refractivity contribution in [2.75, 3.05) is 17.2 Å². The average Bonchev–Trinajstić information content (AvgIpc) is 2.86. The highest BCUT2D eigenvalue weighted by atomic mass is 35.5. The number of anilines is 2. The van der Waals surface area contributed by atoms with Crippen molar-refractivity contribution < 1.29 is 19.1 Å². The monoisotopic (exact) mass is 506 g/mol. The molecule has 0 aliphatic rings. The molecule has 3 rings (SSSR count). The minimum absolute atomic E-state index is 0.249. The Labute approximate surface area is 214 Å². The van der Waals surface area contributed by atoms with Crippen molar-refractivity contribution >= 4 is 46.9 Å². The lowest BCUT2D eigenvalue weighted by Crippen LogP contribution is -2.32. The zero-order valence-electron chi connectivity index (χ0n) is 20.2. The fourth-order valence-corrected chi connectivity index (χ4v) is 3.31. The fourth-order valence-electron chi connectivity index (χ4n) is 3.13. The Morgan fingerprint density at radius 1 is 0.889 bits per heavy atom. The number of carbonyl (C=O) groups excluding carboxylic acids is 3. The highest BCUT2D eigenvalue weighted by molar-refractivity contribution is 6.39. The second-order valence-corrected chi connectivity index (χ2v) is 8.46. The lowest BCUT2D eigenvalue weighted by Gasteiger charge is -2.11. The maximum absolute atomic E-state index is 12.3. The molecule has 3 aromatic carbocycles. The summed E-state index contributed by atoms with van der Waals surface area (Å²) in [6.07, 6.45) is 2.15. The molecule has 8 nitrogen and oxygen atoms in total. The summed E-state index contributed by atoms with van der Waals surface area (Å²) >= 11 is 6.07. The number of halogens is 1. The molecular formula is C27H27ClN4O4. The summed E-state index contributed by atoms with van der Waals surface area (Å²) in [6, 6.07) is 17.6. The van der Waals surface area contributed by atoms with Crippen molar-refractivity contribution in [2.24, 2.45) is 5.10 Å². The van der Waals surface area contributed by atoms with E-state index in [1.165, 1.54) is 6.21 Å². The van der Waals surface area contributed by atoms with Crippen LogP contribution in [0.25, 0.3) is 0 Å². The van der Waals surface area contributed by atoms with Crippen LogP contribution in [0.3, 0.4) is 0 Å². The van der Waals surface area contributed by atoms with Crippen LogP contribution in [0, 0.1) is 13.8 Å². The van der Waals surface area contributed by atoms with Crippen LogP contribution in [0.4, 0.5) is 11.4 Å². The Hall–Kier alpha value is -4.17. The first-order valence-corrected chi connectivity index (χ1v) is 11.7. The maximum Gasteiger partial charge on any atom is 0.329 e. The molecule has 0 radical (unpaired) electrons. The first kappa shape index (κ1) is 26.4. The van der Waals surface area contributed by atoms with Gasteiger partial charge < -0.3 is 15.4 Å². The van der Waals surface area contributed by atoms with Crippen LogP contribution in [0.15, 0.2) is 65.8 Å². The predicted molar refractivity (Wildman–Crippen MR) is 142 cm³/mol. The summed E-state index contributed by atoms with van der Waals surface area (Å²) in [7, 11) is 0. The zero-order chi connectivity index (χ0) is 26.1. The van der Waals surface area contributed by atoms with Gasteiger partial charge in [0.25, 0.3) is 5.91 Å². The minimum Gasteiger partial charge on any atom is -0.483 e. The Bertz CT molecular complexity index is 1290. The van der Waals surface area contributed by atoms with Gasteiger partial charge in [-0.05, 0) is 79.4 Å². The Morgan fingerprint density at radius 2 is 1.61 bits per heavy atom. The number of rotatable bonds is 8. The van der Waals surface area contributed by atoms with Gasteiger partial charge in [0, 0.05) is 22.0 Å². The van der Waals surface area contributed by atoms with Gasteiger partial charge in [-0.25, -0.2) is 5.43 Å². The molecule has 0 bridgehead atoms. The van der Waals surface area contributed by atoms with Crippen LogP contribution in [0.1, 0.15) is 29.2 Å². The third-order valence-electron chi connectivity index (χ3n) is 5.32. The van der Waals surface area contributed by atoms with Crippen molar-refractivity contribution in [1.29, 1.82) is 0 Å². The lowest BCUT2D eigenvalue weighted by molar-refractivity contribution is -0.136. The van der Waals surface area contributed by atoms with Crippen molar-refractivity contribution in [3.8, 4) is 5.75 Å². The SMILES string of the molecule is CCc1ccc(NC(=O)C(=O)N/N=C\c2cc(Cl)ccc2OCC(=O)Nc2ccc(C)c(C)c2)cc1. The number of carbonyl (C=O) groups is 3. The standard InChI is InChI=1S/C27H27ClN4O4/c1-4-19-6-10-22(11-7-19)31-26(34)27(35)32-29-15-20-14-21(28)8-12-24(20)36-16-25(33)30-23-9-5-17(2)18(3)13-23/h5-15H,4,16H2,1-3H3,(H,30,33)(H,31,34)(H,32,35)/b29-15-. The van der Waals surface area contributed by atoms with Crippen LogP contribution < -0.4 is 20.8 Å². The molecule has 186 valence electrons. The normalized spacial score (nSPS) is 10.7. The largest absolute Gasteiger partial charge is 0.483 e. The molecule has 0 fully saturated rings. The first-order valence-electron chi connectivity index (χ1n) is 11.3. The second kappa shape index (κ2) is 12.5. The van der Waals surface area contributed by atoms with E-state index in [1.54, 1.807) is 30.3 Å². The molecule has 0 saturated carbocycles. The van der Waals surface area contributed by atoms with E-state index in [0.29, 0.717) is 27.7 Å². The summed E-state index contributed by atoms with van der Waals surface area (Å²) in [6.45, 7) is 5.73. The van der Waals surface area contributed by atoms with E-state index < -0.39 is 11.8 Å². The van der Waals surface area contributed by atoms with Crippen molar-refractivity contribution in [3.05, 3.63) is 87.9 Å². The van der Waals surface area contributed by atoms with Crippen LogP contribution in [0.5, 0.6) is 5.75 Å². The smallest absolute Gasteiger partial charge is 0.329 e. The predicted octanol–water partition coefficient (Wildman–Crippen LogP) is 4.63. The van der Waals surface area contributed by atoms with E-state index in [1.807, 2.05) is 51.1 Å². The van der Waals surface area contributed by atoms with Crippen LogP contribution in [-0.2, 0) is 20.8 Å². The molecule has 0 saturated heterocycles. The number of amides is 3. The number of nitrogens with one attached hydrogen (secondary N) is 3. The quantitative estimate of drug-likeness (QED) is 0.235. The summed E-state index contributed by atoms with van der Waals surface area (Å²) in [5.74, 6) is -1.81. The van der Waals surface area contributed by atoms with Gasteiger partial charge in [0.2, 0.25) is 0 Å². The van der Waals surface area contributed by atoms with Gasteiger partial charge in [0.1, 0.15) is 5.75 Å². The van der Waals surface area contributed by atoms with E-state index in [-0.39, 0.29) is 12.5 Å². The summed E-state index contributed by atoms with van der Waals surface area (Å²) < 4.78 is 5.63. The van der Waals surface area contributed by atoms with Gasteiger partial charge in [-0.2, -0.15) is 5.10 Å². The van der Waals surface area contributed by atoms with Crippen LogP contribution >= 0.6 is 11.6 Å². The number of hydrogen-bond acceptors (Lipinski definition) is 5. The highest BCUT2D eigenvalue weighted by Crippen LogP contribution is 2.22. The highest BCUT2D eigenvalue weighted by Gasteiger charge is 2.13. The number of hydrogen-bond donors (Lipinski definition) is 3. The molecule has 3 amide bonds. The van der Waals surface area contributed by atoms with E-state index in [9.17, 15) is 14.4 Å². The molecule has 0 aliphatic heterocycles. The fraction of sp³-hybridized carbons (Fsp3) is 0.185. The molecule has 0 unspecified atom stereocenters. The molecule has 36 heavy (non-hydrogen) atoms. The number of benzene rings is 3. The minimum atomic E-state index is -0.942. The van der Waals surface area contributed by atoms with Crippen molar-refractivity contribution in [2.45, 2.75) is 27.2 Å². The van der Waals surface area contributed by atoms with Crippen molar-refractivity contribution in [3.63, 3.8) is 0 Å². The summed E-state index contributed by atoms with van der Waals surface area (Å²) in [4.78, 5) is 36.5. The molecule has 0 aliphatic carbocycles. The number of ether oxygens (including phenoxy) is 1. The molecule has 0 heterocycles. The molecule has 0 atom stereocenters. The number of nitrogens with zero attached hydrogens (tertiary/aromatic N) is 1. The molecular weight excluding hydrogens is 480 g/mol. The Morgan fingerprint density at radius 3 is 2.31 bits per heavy atom. The topological polar surface area (TPSA) is 109 Å². The van der Waals surface area contributed by atoms with Crippen LogP contribution in [-0.4, -0.2) is 30.5 Å². The van der Waals surface area contributed by atoms with E-state index in [0.717, 1.165) is 23.1 Å². The molecule has 0 aromatic heterocycles. The molecule has 9 heteroatoms. The summed E-state index contributed by atoms with van der Waals surface area (Å²) in [5, 5.41) is 9.52. The van der Waals surface area contributed by atoms with Gasteiger partial charge in [-0.1, -0.05) is 36.7 Å². The van der Waals surface area contributed by atoms with Crippen LogP contribution in [0.2, 0.25) is 5.02 Å². The molecule has 3 aromatic rings. The third-order valence-corrected chi connectivity index (χ3v) is 5.55. The van der Waals surface area contributed by atoms with Gasteiger partial charge in [0.05, 0.1) is 6.21 Å². The van der Waals surface area contributed by atoms with E-state index in [4.69, 9.17) is 16.3 Å². The average molecular weight is 507 g/mol. The first-order chi connectivity index (χ1) is 17.2. The second-order valence-electron chi connectivity index (χ2n) is 8.02. The summed E-state index contributed by atoms with van der Waals surface area (Å²) in [5.41, 5.74) is 7.07. The Balaban J connectivity index is 1.56. The maximum atomic E-state index is 12.3. The van der Waals surface area contributed by atoms with E-state index in [2.05, 4.69) is 21.2 Å². The lowest BCUT2D eigenvalue weighted by atomic mass is 10.1.